The van der Waals surface area contributed by atoms with E-state index in [2.05, 4.69) is 11.6 Å². The highest BCUT2D eigenvalue weighted by atomic mass is 32.1. The van der Waals surface area contributed by atoms with Crippen molar-refractivity contribution in [2.24, 2.45) is 0 Å². The average molecular weight is 533 g/mol. The van der Waals surface area contributed by atoms with Crippen LogP contribution in [0.2, 0.25) is 0 Å². The lowest BCUT2D eigenvalue weighted by molar-refractivity contribution is -0.132. The second-order valence-electron chi connectivity index (χ2n) is 8.75. The molecule has 1 saturated heterocycles. The van der Waals surface area contributed by atoms with E-state index in [4.69, 9.17) is 9.47 Å². The molecule has 1 fully saturated rings. The maximum atomic E-state index is 13.4. The second-order valence-corrected chi connectivity index (χ2v) is 9.72. The number of nitrogens with zero attached hydrogens (tertiary/aromatic N) is 2. The first-order valence-electron chi connectivity index (χ1n) is 12.0. The van der Waals surface area contributed by atoms with Gasteiger partial charge in [-0.1, -0.05) is 55.2 Å². The molecule has 9 heteroatoms. The van der Waals surface area contributed by atoms with Crippen LogP contribution >= 0.6 is 11.3 Å². The van der Waals surface area contributed by atoms with Gasteiger partial charge in [-0.25, -0.2) is 9.78 Å². The Morgan fingerprint density at radius 3 is 2.50 bits per heavy atom. The number of ether oxygens (including phenoxy) is 2. The summed E-state index contributed by atoms with van der Waals surface area (Å²) in [5.41, 5.74) is 3.14. The number of Topliss-reactive ketones (excluding diaryl/α,β-unsaturated/α-hetero) is 1. The molecule has 1 amide bonds. The van der Waals surface area contributed by atoms with Crippen molar-refractivity contribution < 1.29 is 29.0 Å². The number of rotatable bonds is 8. The van der Waals surface area contributed by atoms with Crippen molar-refractivity contribution in [1.29, 1.82) is 0 Å². The third kappa shape index (κ3) is 4.84. The topological polar surface area (TPSA) is 106 Å². The first-order chi connectivity index (χ1) is 18.2. The Morgan fingerprint density at radius 1 is 1.18 bits per heavy atom. The number of hydrogen-bond donors (Lipinski definition) is 1. The minimum Gasteiger partial charge on any atom is -0.507 e. The maximum Gasteiger partial charge on any atom is 0.350 e. The number of methoxy groups -OCH3 is 1. The minimum atomic E-state index is -0.953. The van der Waals surface area contributed by atoms with Crippen molar-refractivity contribution in [3.63, 3.8) is 0 Å². The van der Waals surface area contributed by atoms with Gasteiger partial charge in [-0.2, -0.15) is 0 Å². The predicted molar refractivity (Wildman–Crippen MR) is 146 cm³/mol. The zero-order chi connectivity index (χ0) is 27.6. The number of esters is 1. The van der Waals surface area contributed by atoms with E-state index < -0.39 is 23.7 Å². The maximum absolute atomic E-state index is 13.4. The monoisotopic (exact) mass is 532 g/mol. The van der Waals surface area contributed by atoms with Crippen LogP contribution in [0.25, 0.3) is 5.76 Å². The van der Waals surface area contributed by atoms with E-state index in [9.17, 15) is 19.5 Å². The lowest BCUT2D eigenvalue weighted by atomic mass is 9.94. The Kier molecular flexibility index (Phi) is 7.78. The van der Waals surface area contributed by atoms with Crippen molar-refractivity contribution in [3.05, 3.63) is 93.5 Å². The van der Waals surface area contributed by atoms with Crippen LogP contribution in [0.4, 0.5) is 5.13 Å². The number of benzene rings is 2. The number of carbonyl (C=O) groups excluding carboxylic acids is 3. The van der Waals surface area contributed by atoms with Gasteiger partial charge in [0.05, 0.1) is 24.4 Å². The van der Waals surface area contributed by atoms with Gasteiger partial charge in [-0.3, -0.25) is 14.5 Å². The van der Waals surface area contributed by atoms with E-state index in [0.29, 0.717) is 22.6 Å². The number of anilines is 1. The predicted octanol–water partition coefficient (Wildman–Crippen LogP) is 5.30. The molecule has 0 saturated carbocycles. The molecule has 1 aliphatic rings. The summed E-state index contributed by atoms with van der Waals surface area (Å²) in [6.45, 7) is 9.05. The van der Waals surface area contributed by atoms with Crippen LogP contribution in [0.1, 0.15) is 50.6 Å². The fourth-order valence-electron chi connectivity index (χ4n) is 4.34. The number of aliphatic hydroxyl groups excluding tert-OH is 1. The molecule has 4 rings (SSSR count). The van der Waals surface area contributed by atoms with Crippen molar-refractivity contribution >= 4 is 39.9 Å². The SMILES string of the molecule is C=CCOC(=O)c1sc(N2C(=O)C(=O)C(=C(O)c3ccc(OC)c(C)c3)C2c2ccc(CC)cc2)nc1C. The molecule has 38 heavy (non-hydrogen) atoms. The molecule has 1 aliphatic heterocycles. The number of hydrogen-bond acceptors (Lipinski definition) is 8. The standard InChI is InChI=1S/C29H28N2O6S/c1-6-14-37-28(35)26-17(4)30-29(38-26)31-23(19-10-8-18(7-2)9-11-19)22(25(33)27(31)34)24(32)20-12-13-21(36-5)16(3)15-20/h6,8-13,15,23,32H,1,7,14H2,2-5H3. The summed E-state index contributed by atoms with van der Waals surface area (Å²) in [5.74, 6) is -1.96. The van der Waals surface area contributed by atoms with Gasteiger partial charge >= 0.3 is 11.9 Å². The Bertz CT molecular complexity index is 1450. The van der Waals surface area contributed by atoms with E-state index in [1.54, 1.807) is 32.2 Å². The van der Waals surface area contributed by atoms with Crippen LogP contribution in [0.5, 0.6) is 5.75 Å². The van der Waals surface area contributed by atoms with Crippen molar-refractivity contribution in [3.8, 4) is 5.75 Å². The van der Waals surface area contributed by atoms with Gasteiger partial charge in [0.2, 0.25) is 0 Å². The molecule has 1 N–H and O–H groups in total. The van der Waals surface area contributed by atoms with Crippen LogP contribution in [0.15, 0.2) is 60.7 Å². The molecule has 1 unspecified atom stereocenters. The molecular formula is C29H28N2O6S. The highest BCUT2D eigenvalue weighted by Gasteiger charge is 2.48. The molecule has 196 valence electrons. The van der Waals surface area contributed by atoms with Crippen LogP contribution in [-0.2, 0) is 20.7 Å². The van der Waals surface area contributed by atoms with E-state index in [1.807, 2.05) is 38.1 Å². The first-order valence-corrected chi connectivity index (χ1v) is 12.8. The van der Waals surface area contributed by atoms with Gasteiger partial charge in [-0.15, -0.1) is 0 Å². The summed E-state index contributed by atoms with van der Waals surface area (Å²) in [6, 6.07) is 11.6. The summed E-state index contributed by atoms with van der Waals surface area (Å²) >= 11 is 0.956. The molecule has 2 aromatic carbocycles. The molecule has 0 spiro atoms. The normalized spacial score (nSPS) is 16.5. The van der Waals surface area contributed by atoms with Gasteiger partial charge < -0.3 is 14.6 Å². The zero-order valence-electron chi connectivity index (χ0n) is 21.6. The summed E-state index contributed by atoms with van der Waals surface area (Å²) in [6.07, 6.45) is 2.27. The summed E-state index contributed by atoms with van der Waals surface area (Å²) in [5, 5.41) is 11.5. The van der Waals surface area contributed by atoms with Crippen LogP contribution in [0.3, 0.4) is 0 Å². The smallest absolute Gasteiger partial charge is 0.350 e. The van der Waals surface area contributed by atoms with Gasteiger partial charge in [0, 0.05) is 5.56 Å². The highest BCUT2D eigenvalue weighted by Crippen LogP contribution is 2.44. The minimum absolute atomic E-state index is 0.0288. The van der Waals surface area contributed by atoms with Gasteiger partial charge in [0.1, 0.15) is 23.0 Å². The molecule has 8 nitrogen and oxygen atoms in total. The lowest BCUT2D eigenvalue weighted by Crippen LogP contribution is -2.29. The van der Waals surface area contributed by atoms with Gasteiger partial charge in [0.25, 0.3) is 5.78 Å². The summed E-state index contributed by atoms with van der Waals surface area (Å²) in [4.78, 5) is 45.3. The highest BCUT2D eigenvalue weighted by molar-refractivity contribution is 7.17. The Hall–Kier alpha value is -4.24. The largest absolute Gasteiger partial charge is 0.507 e. The molecule has 2 heterocycles. The molecule has 1 atom stereocenters. The van der Waals surface area contributed by atoms with Crippen molar-refractivity contribution in [2.45, 2.75) is 33.2 Å². The van der Waals surface area contributed by atoms with E-state index in [-0.39, 0.29) is 27.9 Å². The number of thiazole rings is 1. The zero-order valence-corrected chi connectivity index (χ0v) is 22.4. The molecule has 3 aromatic rings. The molecule has 0 radical (unpaired) electrons. The van der Waals surface area contributed by atoms with E-state index >= 15 is 0 Å². The number of amides is 1. The number of aromatic nitrogens is 1. The average Bonchev–Trinajstić information content (AvgIpc) is 3.43. The van der Waals surface area contributed by atoms with Crippen LogP contribution < -0.4 is 9.64 Å². The third-order valence-electron chi connectivity index (χ3n) is 6.33. The van der Waals surface area contributed by atoms with Crippen LogP contribution in [0, 0.1) is 13.8 Å². The molecule has 0 aliphatic carbocycles. The second kappa shape index (κ2) is 11.0. The fraction of sp³-hybridized carbons (Fsp3) is 0.241. The summed E-state index contributed by atoms with van der Waals surface area (Å²) in [7, 11) is 1.55. The Balaban J connectivity index is 1.89. The third-order valence-corrected chi connectivity index (χ3v) is 7.46. The van der Waals surface area contributed by atoms with Crippen molar-refractivity contribution in [2.75, 3.05) is 18.6 Å². The summed E-state index contributed by atoms with van der Waals surface area (Å²) < 4.78 is 10.5. The number of ketones is 1. The van der Waals surface area contributed by atoms with E-state index in [1.165, 1.54) is 11.0 Å². The Labute approximate surface area is 224 Å². The van der Waals surface area contributed by atoms with Gasteiger partial charge in [-0.05, 0) is 55.2 Å². The lowest BCUT2D eigenvalue weighted by Gasteiger charge is -2.23. The van der Waals surface area contributed by atoms with Crippen molar-refractivity contribution in [1.82, 2.24) is 4.98 Å². The first kappa shape index (κ1) is 26.8. The number of carbonyl (C=O) groups is 3. The van der Waals surface area contributed by atoms with Crippen LogP contribution in [-0.4, -0.2) is 41.5 Å². The number of aryl methyl sites for hydroxylation is 3. The molecule has 0 bridgehead atoms. The van der Waals surface area contributed by atoms with Gasteiger partial charge in [0.15, 0.2) is 5.13 Å². The fourth-order valence-corrected chi connectivity index (χ4v) is 5.32. The number of aliphatic hydroxyl groups is 1. The quantitative estimate of drug-likeness (QED) is 0.138. The van der Waals surface area contributed by atoms with E-state index in [0.717, 1.165) is 28.9 Å². The Morgan fingerprint density at radius 2 is 1.89 bits per heavy atom. The molecular weight excluding hydrogens is 504 g/mol. The molecule has 1 aromatic heterocycles.